The van der Waals surface area contributed by atoms with Gasteiger partial charge in [0.05, 0.1) is 11.9 Å². The van der Waals surface area contributed by atoms with Gasteiger partial charge in [-0.15, -0.1) is 24.5 Å². The number of nitrogens with zero attached hydrogens (tertiary/aromatic N) is 3. The number of rotatable bonds is 5. The number of benzene rings is 1. The zero-order chi connectivity index (χ0) is 22.3. The van der Waals surface area contributed by atoms with E-state index >= 15 is 0 Å². The van der Waals surface area contributed by atoms with Crippen LogP contribution in [-0.2, 0) is 25.9 Å². The molecule has 1 N–H and O–H groups in total. The molecule has 0 unspecified atom stereocenters. The Balaban J connectivity index is 1.16. The van der Waals surface area contributed by atoms with E-state index in [1.807, 2.05) is 0 Å². The first-order valence-electron chi connectivity index (χ1n) is 10.7. The first-order valence-corrected chi connectivity index (χ1v) is 11.5. The molecule has 0 atom stereocenters. The van der Waals surface area contributed by atoms with Crippen molar-refractivity contribution in [1.82, 2.24) is 19.8 Å². The molecule has 1 aliphatic carbocycles. The number of ether oxygens (including phenoxy) is 1. The van der Waals surface area contributed by atoms with Crippen LogP contribution in [-0.4, -0.2) is 52.3 Å². The number of aryl methyl sites for hydroxylation is 2. The summed E-state index contributed by atoms with van der Waals surface area (Å²) in [6.45, 7) is 4.60. The van der Waals surface area contributed by atoms with E-state index in [0.717, 1.165) is 61.2 Å². The first-order chi connectivity index (χ1) is 15.3. The van der Waals surface area contributed by atoms with Gasteiger partial charge in [-0.05, 0) is 42.5 Å². The molecule has 1 fully saturated rings. The Kier molecular flexibility index (Phi) is 5.68. The second-order valence-corrected chi connectivity index (χ2v) is 9.38. The minimum atomic E-state index is -4.68. The molecule has 0 radical (unpaired) electrons. The van der Waals surface area contributed by atoms with Crippen LogP contribution in [0.1, 0.15) is 28.2 Å². The molecule has 1 saturated heterocycles. The Labute approximate surface area is 186 Å². The molecule has 170 valence electrons. The van der Waals surface area contributed by atoms with Crippen molar-refractivity contribution < 1.29 is 17.9 Å². The van der Waals surface area contributed by atoms with Crippen LogP contribution in [0.5, 0.6) is 5.75 Å². The summed E-state index contributed by atoms with van der Waals surface area (Å²) in [6.07, 6.45) is -1.54. The molecule has 6 nitrogen and oxygen atoms in total. The monoisotopic (exact) mass is 464 g/mol. The fourth-order valence-corrected chi connectivity index (χ4v) is 5.77. The second-order valence-electron chi connectivity index (χ2n) is 8.29. The molecular weight excluding hydrogens is 441 g/mol. The molecule has 0 bridgehead atoms. The Morgan fingerprint density at radius 1 is 1.03 bits per heavy atom. The van der Waals surface area contributed by atoms with Gasteiger partial charge in [0.1, 0.15) is 16.4 Å². The highest BCUT2D eigenvalue weighted by Crippen LogP contribution is 2.34. The molecule has 3 aromatic rings. The van der Waals surface area contributed by atoms with Crippen LogP contribution in [0, 0.1) is 0 Å². The molecule has 0 saturated carbocycles. The van der Waals surface area contributed by atoms with Gasteiger partial charge in [0, 0.05) is 37.6 Å². The number of thiophene rings is 1. The van der Waals surface area contributed by atoms with Gasteiger partial charge in [-0.1, -0.05) is 12.1 Å². The van der Waals surface area contributed by atoms with Gasteiger partial charge in [-0.3, -0.25) is 14.6 Å². The Bertz CT molecular complexity index is 1160. The van der Waals surface area contributed by atoms with Crippen LogP contribution in [0.4, 0.5) is 13.2 Å². The number of hydrogen-bond acceptors (Lipinski definition) is 6. The summed E-state index contributed by atoms with van der Waals surface area (Å²) in [6, 6.07) is 6.01. The summed E-state index contributed by atoms with van der Waals surface area (Å²) in [5.74, 6) is 0.497. The molecule has 5 rings (SSSR count). The number of alkyl halides is 3. The summed E-state index contributed by atoms with van der Waals surface area (Å²) >= 11 is 1.65. The smallest absolute Gasteiger partial charge is 0.406 e. The number of hydrogen-bond donors (Lipinski definition) is 1. The first kappa shape index (κ1) is 21.4. The minimum absolute atomic E-state index is 0.0269. The molecule has 0 amide bonds. The van der Waals surface area contributed by atoms with Gasteiger partial charge in [-0.2, -0.15) is 0 Å². The number of piperazine rings is 1. The van der Waals surface area contributed by atoms with Gasteiger partial charge < -0.3 is 9.72 Å². The number of aromatic nitrogens is 2. The minimum Gasteiger partial charge on any atom is -0.406 e. The zero-order valence-electron chi connectivity index (χ0n) is 17.4. The van der Waals surface area contributed by atoms with Crippen molar-refractivity contribution in [3.8, 4) is 5.75 Å². The van der Waals surface area contributed by atoms with E-state index in [0.29, 0.717) is 18.9 Å². The van der Waals surface area contributed by atoms with Crippen molar-refractivity contribution >= 4 is 21.6 Å². The standard InChI is InChI=1S/C22H23F3N4O2S/c23-22(24,25)31-15-6-4-14(5-7-15)12-28-8-10-29(11-9-28)13-18-26-20(30)19-16-2-1-3-17(16)32-21(19)27-18/h4-7H,1-3,8-13H2,(H,26,27,30). The molecule has 1 aliphatic heterocycles. The van der Waals surface area contributed by atoms with Crippen molar-refractivity contribution in [3.63, 3.8) is 0 Å². The third-order valence-electron chi connectivity index (χ3n) is 6.03. The number of fused-ring (bicyclic) bond motifs is 3. The van der Waals surface area contributed by atoms with E-state index in [1.165, 1.54) is 22.6 Å². The third kappa shape index (κ3) is 4.67. The largest absolute Gasteiger partial charge is 0.573 e. The summed E-state index contributed by atoms with van der Waals surface area (Å²) in [4.78, 5) is 27.0. The highest BCUT2D eigenvalue weighted by molar-refractivity contribution is 7.18. The SMILES string of the molecule is O=c1[nH]c(CN2CCN(Cc3ccc(OC(F)(F)F)cc3)CC2)nc2sc3c(c12)CCC3. The van der Waals surface area contributed by atoms with E-state index in [-0.39, 0.29) is 11.3 Å². The fraction of sp³-hybridized carbons (Fsp3) is 0.455. The maximum atomic E-state index is 12.6. The third-order valence-corrected chi connectivity index (χ3v) is 7.21. The molecule has 10 heteroatoms. The predicted octanol–water partition coefficient (Wildman–Crippen LogP) is 3.69. The van der Waals surface area contributed by atoms with Crippen LogP contribution >= 0.6 is 11.3 Å². The van der Waals surface area contributed by atoms with Gasteiger partial charge >= 0.3 is 6.36 Å². The second kappa shape index (κ2) is 8.49. The number of nitrogens with one attached hydrogen (secondary N) is 1. The number of H-pyrrole nitrogens is 1. The lowest BCUT2D eigenvalue weighted by molar-refractivity contribution is -0.274. The lowest BCUT2D eigenvalue weighted by atomic mass is 10.2. The number of halogens is 3. The van der Waals surface area contributed by atoms with Crippen molar-refractivity contribution in [1.29, 1.82) is 0 Å². The topological polar surface area (TPSA) is 61.5 Å². The highest BCUT2D eigenvalue weighted by atomic mass is 32.1. The Morgan fingerprint density at radius 2 is 1.72 bits per heavy atom. The van der Waals surface area contributed by atoms with E-state index in [4.69, 9.17) is 4.98 Å². The van der Waals surface area contributed by atoms with Gasteiger partial charge in [0.15, 0.2) is 0 Å². The average Bonchev–Trinajstić information content (AvgIpc) is 3.31. The highest BCUT2D eigenvalue weighted by Gasteiger charge is 2.31. The van der Waals surface area contributed by atoms with E-state index < -0.39 is 6.36 Å². The maximum Gasteiger partial charge on any atom is 0.573 e. The van der Waals surface area contributed by atoms with E-state index in [2.05, 4.69) is 19.5 Å². The van der Waals surface area contributed by atoms with Gasteiger partial charge in [-0.25, -0.2) is 4.98 Å². The lowest BCUT2D eigenvalue weighted by Gasteiger charge is -2.34. The quantitative estimate of drug-likeness (QED) is 0.624. The maximum absolute atomic E-state index is 12.6. The van der Waals surface area contributed by atoms with E-state index in [9.17, 15) is 18.0 Å². The predicted molar refractivity (Wildman–Crippen MR) is 116 cm³/mol. The molecule has 2 aliphatic rings. The summed E-state index contributed by atoms with van der Waals surface area (Å²) in [7, 11) is 0. The molecular formula is C22H23F3N4O2S. The Hall–Kier alpha value is -2.43. The summed E-state index contributed by atoms with van der Waals surface area (Å²) in [5.41, 5.74) is 2.10. The fourth-order valence-electron chi connectivity index (χ4n) is 4.49. The van der Waals surface area contributed by atoms with Gasteiger partial charge in [0.2, 0.25) is 0 Å². The van der Waals surface area contributed by atoms with Crippen molar-refractivity contribution in [2.75, 3.05) is 26.2 Å². The summed E-state index contributed by atoms with van der Waals surface area (Å²) < 4.78 is 40.8. The van der Waals surface area contributed by atoms with Crippen LogP contribution < -0.4 is 10.3 Å². The zero-order valence-corrected chi connectivity index (χ0v) is 18.2. The normalized spacial score (nSPS) is 17.7. The van der Waals surface area contributed by atoms with Gasteiger partial charge in [0.25, 0.3) is 5.56 Å². The van der Waals surface area contributed by atoms with Crippen LogP contribution in [0.25, 0.3) is 10.2 Å². The van der Waals surface area contributed by atoms with E-state index in [1.54, 1.807) is 23.5 Å². The summed E-state index contributed by atoms with van der Waals surface area (Å²) in [5, 5.41) is 0.780. The lowest BCUT2D eigenvalue weighted by Crippen LogP contribution is -2.45. The molecule has 3 heterocycles. The molecule has 0 spiro atoms. The van der Waals surface area contributed by atoms with Crippen molar-refractivity contribution in [3.05, 3.63) is 56.4 Å². The Morgan fingerprint density at radius 3 is 2.41 bits per heavy atom. The number of aromatic amines is 1. The molecule has 32 heavy (non-hydrogen) atoms. The average molecular weight is 465 g/mol. The molecule has 2 aromatic heterocycles. The van der Waals surface area contributed by atoms with Crippen LogP contribution in [0.2, 0.25) is 0 Å². The van der Waals surface area contributed by atoms with Crippen LogP contribution in [0.15, 0.2) is 29.1 Å². The van der Waals surface area contributed by atoms with Crippen LogP contribution in [0.3, 0.4) is 0 Å². The van der Waals surface area contributed by atoms with Crippen molar-refractivity contribution in [2.45, 2.75) is 38.7 Å². The molecule has 1 aromatic carbocycles. The van der Waals surface area contributed by atoms with Crippen molar-refractivity contribution in [2.24, 2.45) is 0 Å².